The van der Waals surface area contributed by atoms with Crippen molar-refractivity contribution >= 4 is 21.8 Å². The van der Waals surface area contributed by atoms with Crippen molar-refractivity contribution in [2.75, 3.05) is 18.9 Å². The minimum absolute atomic E-state index is 0.318. The van der Waals surface area contributed by atoms with Gasteiger partial charge in [0.1, 0.15) is 0 Å². The highest BCUT2D eigenvalue weighted by Gasteiger charge is 2.25. The molecule has 1 amide bonds. The van der Waals surface area contributed by atoms with E-state index in [-0.39, 0.29) is 0 Å². The fourth-order valence-electron chi connectivity index (χ4n) is 1.15. The van der Waals surface area contributed by atoms with Crippen LogP contribution in [-0.4, -0.2) is 29.7 Å². The van der Waals surface area contributed by atoms with Gasteiger partial charge in [0, 0.05) is 25.3 Å². The van der Waals surface area contributed by atoms with Crippen LogP contribution in [0.25, 0.3) is 0 Å². The van der Waals surface area contributed by atoms with Crippen LogP contribution in [0.1, 0.15) is 25.7 Å². The molecule has 70 valence electrons. The SMILES string of the molecule is CN(CCCBr)C(=O)CC1CC1. The first-order chi connectivity index (χ1) is 5.74. The Bertz CT molecular complexity index is 157. The van der Waals surface area contributed by atoms with Gasteiger partial charge in [-0.3, -0.25) is 4.79 Å². The molecule has 0 N–H and O–H groups in total. The van der Waals surface area contributed by atoms with Crippen molar-refractivity contribution in [2.45, 2.75) is 25.7 Å². The van der Waals surface area contributed by atoms with Crippen LogP contribution < -0.4 is 0 Å². The Morgan fingerprint density at radius 3 is 2.75 bits per heavy atom. The van der Waals surface area contributed by atoms with Gasteiger partial charge in [-0.25, -0.2) is 0 Å². The number of carbonyl (C=O) groups is 1. The lowest BCUT2D eigenvalue weighted by atomic mass is 10.2. The number of amides is 1. The summed E-state index contributed by atoms with van der Waals surface area (Å²) >= 11 is 3.35. The van der Waals surface area contributed by atoms with E-state index < -0.39 is 0 Å². The summed E-state index contributed by atoms with van der Waals surface area (Å²) in [5.41, 5.74) is 0. The third-order valence-corrected chi connectivity index (χ3v) is 2.77. The van der Waals surface area contributed by atoms with Gasteiger partial charge in [-0.05, 0) is 25.2 Å². The Morgan fingerprint density at radius 2 is 2.25 bits per heavy atom. The van der Waals surface area contributed by atoms with Crippen LogP contribution in [0.15, 0.2) is 0 Å². The molecule has 3 heteroatoms. The second kappa shape index (κ2) is 4.85. The first-order valence-electron chi connectivity index (χ1n) is 4.54. The quantitative estimate of drug-likeness (QED) is 0.666. The average Bonchev–Trinajstić information content (AvgIpc) is 2.83. The predicted octanol–water partition coefficient (Wildman–Crippen LogP) is 2.03. The Kier molecular flexibility index (Phi) is 4.06. The van der Waals surface area contributed by atoms with E-state index in [9.17, 15) is 4.79 Å². The van der Waals surface area contributed by atoms with Gasteiger partial charge in [-0.1, -0.05) is 15.9 Å². The summed E-state index contributed by atoms with van der Waals surface area (Å²) in [4.78, 5) is 13.3. The highest BCUT2D eigenvalue weighted by molar-refractivity contribution is 9.09. The van der Waals surface area contributed by atoms with Gasteiger partial charge in [0.25, 0.3) is 0 Å². The van der Waals surface area contributed by atoms with E-state index in [1.165, 1.54) is 12.8 Å². The molecule has 0 heterocycles. The lowest BCUT2D eigenvalue weighted by Crippen LogP contribution is -2.28. The molecule has 0 saturated heterocycles. The Hall–Kier alpha value is -0.0500. The van der Waals surface area contributed by atoms with Crippen LogP contribution >= 0.6 is 15.9 Å². The number of alkyl halides is 1. The van der Waals surface area contributed by atoms with Gasteiger partial charge >= 0.3 is 0 Å². The van der Waals surface area contributed by atoms with Crippen molar-refractivity contribution in [2.24, 2.45) is 5.92 Å². The first-order valence-corrected chi connectivity index (χ1v) is 5.66. The Morgan fingerprint density at radius 1 is 1.58 bits per heavy atom. The summed E-state index contributed by atoms with van der Waals surface area (Å²) in [6.45, 7) is 0.886. The van der Waals surface area contributed by atoms with Crippen molar-refractivity contribution in [1.82, 2.24) is 4.90 Å². The molecule has 0 atom stereocenters. The predicted molar refractivity (Wildman–Crippen MR) is 53.4 cm³/mol. The molecule has 1 rings (SSSR count). The zero-order chi connectivity index (χ0) is 8.97. The summed E-state index contributed by atoms with van der Waals surface area (Å²) in [7, 11) is 1.90. The molecule has 0 radical (unpaired) electrons. The summed E-state index contributed by atoms with van der Waals surface area (Å²) in [5.74, 6) is 1.03. The van der Waals surface area contributed by atoms with Crippen LogP contribution in [-0.2, 0) is 4.79 Å². The van der Waals surface area contributed by atoms with E-state index >= 15 is 0 Å². The molecule has 0 aromatic carbocycles. The third kappa shape index (κ3) is 3.57. The summed E-state index contributed by atoms with van der Waals surface area (Å²) in [6, 6.07) is 0. The minimum atomic E-state index is 0.318. The largest absolute Gasteiger partial charge is 0.346 e. The van der Waals surface area contributed by atoms with E-state index in [0.29, 0.717) is 11.8 Å². The molecular weight excluding hydrogens is 218 g/mol. The fourth-order valence-corrected chi connectivity index (χ4v) is 1.40. The van der Waals surface area contributed by atoms with Gasteiger partial charge in [0.15, 0.2) is 0 Å². The molecule has 12 heavy (non-hydrogen) atoms. The molecular formula is C9H16BrNO. The number of hydrogen-bond donors (Lipinski definition) is 0. The van der Waals surface area contributed by atoms with Crippen molar-refractivity contribution in [3.63, 3.8) is 0 Å². The molecule has 0 aliphatic heterocycles. The lowest BCUT2D eigenvalue weighted by Gasteiger charge is -2.15. The molecule has 0 aromatic rings. The van der Waals surface area contributed by atoms with Gasteiger partial charge in [0.05, 0.1) is 0 Å². The van der Waals surface area contributed by atoms with E-state index in [0.717, 1.165) is 24.7 Å². The molecule has 1 aliphatic rings. The topological polar surface area (TPSA) is 20.3 Å². The first kappa shape index (κ1) is 10.0. The Labute approximate surface area is 82.4 Å². The second-order valence-corrected chi connectivity index (χ2v) is 4.30. The van der Waals surface area contributed by atoms with Gasteiger partial charge in [-0.2, -0.15) is 0 Å². The monoisotopic (exact) mass is 233 g/mol. The molecule has 1 aliphatic carbocycles. The van der Waals surface area contributed by atoms with Crippen molar-refractivity contribution in [3.05, 3.63) is 0 Å². The van der Waals surface area contributed by atoms with Crippen LogP contribution in [0.4, 0.5) is 0 Å². The van der Waals surface area contributed by atoms with Crippen LogP contribution in [0.2, 0.25) is 0 Å². The number of nitrogens with zero attached hydrogens (tertiary/aromatic N) is 1. The minimum Gasteiger partial charge on any atom is -0.346 e. The number of halogens is 1. The van der Waals surface area contributed by atoms with Crippen LogP contribution in [0, 0.1) is 5.92 Å². The zero-order valence-corrected chi connectivity index (χ0v) is 9.14. The van der Waals surface area contributed by atoms with E-state index in [4.69, 9.17) is 0 Å². The average molecular weight is 234 g/mol. The molecule has 0 unspecified atom stereocenters. The lowest BCUT2D eigenvalue weighted by molar-refractivity contribution is -0.130. The normalized spacial score (nSPS) is 16.2. The summed E-state index contributed by atoms with van der Waals surface area (Å²) in [5, 5.41) is 0.980. The van der Waals surface area contributed by atoms with Crippen LogP contribution in [0.5, 0.6) is 0 Å². The molecule has 1 fully saturated rings. The maximum absolute atomic E-state index is 11.4. The second-order valence-electron chi connectivity index (χ2n) is 3.51. The summed E-state index contributed by atoms with van der Waals surface area (Å²) in [6.07, 6.45) is 4.35. The third-order valence-electron chi connectivity index (χ3n) is 2.21. The highest BCUT2D eigenvalue weighted by atomic mass is 79.9. The van der Waals surface area contributed by atoms with Gasteiger partial charge in [-0.15, -0.1) is 0 Å². The number of hydrogen-bond acceptors (Lipinski definition) is 1. The zero-order valence-electron chi connectivity index (χ0n) is 7.55. The Balaban J connectivity index is 2.11. The van der Waals surface area contributed by atoms with E-state index in [1.807, 2.05) is 11.9 Å². The standard InChI is InChI=1S/C9H16BrNO/c1-11(6-2-5-10)9(12)7-8-3-4-8/h8H,2-7H2,1H3. The summed E-state index contributed by atoms with van der Waals surface area (Å²) < 4.78 is 0. The molecule has 1 saturated carbocycles. The molecule has 0 aromatic heterocycles. The molecule has 2 nitrogen and oxygen atoms in total. The maximum Gasteiger partial charge on any atom is 0.222 e. The van der Waals surface area contributed by atoms with Crippen molar-refractivity contribution < 1.29 is 4.79 Å². The molecule has 0 spiro atoms. The smallest absolute Gasteiger partial charge is 0.222 e. The fraction of sp³-hybridized carbons (Fsp3) is 0.889. The van der Waals surface area contributed by atoms with Crippen molar-refractivity contribution in [1.29, 1.82) is 0 Å². The van der Waals surface area contributed by atoms with Crippen molar-refractivity contribution in [3.8, 4) is 0 Å². The number of rotatable bonds is 5. The highest BCUT2D eigenvalue weighted by Crippen LogP contribution is 2.32. The van der Waals surface area contributed by atoms with Gasteiger partial charge in [0.2, 0.25) is 5.91 Å². The molecule has 0 bridgehead atoms. The van der Waals surface area contributed by atoms with E-state index in [2.05, 4.69) is 15.9 Å². The van der Waals surface area contributed by atoms with Gasteiger partial charge < -0.3 is 4.90 Å². The van der Waals surface area contributed by atoms with E-state index in [1.54, 1.807) is 0 Å². The maximum atomic E-state index is 11.4. The van der Waals surface area contributed by atoms with Crippen LogP contribution in [0.3, 0.4) is 0 Å². The number of carbonyl (C=O) groups excluding carboxylic acids is 1.